The summed E-state index contributed by atoms with van der Waals surface area (Å²) in [6, 6.07) is 7.71. The molecule has 5 rings (SSSR count). The van der Waals surface area contributed by atoms with Crippen molar-refractivity contribution in [2.45, 2.75) is 25.3 Å². The summed E-state index contributed by atoms with van der Waals surface area (Å²) >= 11 is 0. The van der Waals surface area contributed by atoms with Crippen molar-refractivity contribution in [1.29, 1.82) is 0 Å². The third kappa shape index (κ3) is 2.81. The molecule has 1 atom stereocenters. The molecule has 8 heteroatoms. The van der Waals surface area contributed by atoms with E-state index in [4.69, 9.17) is 4.74 Å². The summed E-state index contributed by atoms with van der Waals surface area (Å²) in [5, 5.41) is 5.17. The normalized spacial score (nSPS) is 19.2. The second kappa shape index (κ2) is 6.40. The summed E-state index contributed by atoms with van der Waals surface area (Å²) in [7, 11) is 1.70. The smallest absolute Gasteiger partial charge is 0.233 e. The molecule has 1 aliphatic heterocycles. The van der Waals surface area contributed by atoms with Crippen LogP contribution >= 0.6 is 0 Å². The van der Waals surface area contributed by atoms with Crippen LogP contribution in [-0.2, 0) is 4.79 Å². The third-order valence-corrected chi connectivity index (χ3v) is 5.25. The number of amides is 1. The van der Waals surface area contributed by atoms with Crippen molar-refractivity contribution in [3.63, 3.8) is 0 Å². The molecule has 28 heavy (non-hydrogen) atoms. The Hall–Kier alpha value is -3.29. The number of aromatic nitrogens is 4. The number of ether oxygens (including phenoxy) is 1. The summed E-state index contributed by atoms with van der Waals surface area (Å²) in [5.74, 6) is -0.252. The van der Waals surface area contributed by atoms with Gasteiger partial charge >= 0.3 is 0 Å². The summed E-state index contributed by atoms with van der Waals surface area (Å²) in [4.78, 5) is 35.9. The Morgan fingerprint density at radius 1 is 1.25 bits per heavy atom. The highest BCUT2D eigenvalue weighted by molar-refractivity contribution is 6.01. The molecule has 1 aliphatic carbocycles. The molecule has 3 heterocycles. The Kier molecular flexibility index (Phi) is 3.85. The summed E-state index contributed by atoms with van der Waals surface area (Å²) in [6.45, 7) is 0.147. The van der Waals surface area contributed by atoms with E-state index in [9.17, 15) is 9.59 Å². The van der Waals surface area contributed by atoms with Gasteiger partial charge < -0.3 is 9.64 Å². The minimum Gasteiger partial charge on any atom is -0.491 e. The van der Waals surface area contributed by atoms with Gasteiger partial charge in [0.15, 0.2) is 11.5 Å². The van der Waals surface area contributed by atoms with Gasteiger partial charge in [0.25, 0.3) is 0 Å². The zero-order chi connectivity index (χ0) is 19.3. The lowest BCUT2D eigenvalue weighted by atomic mass is 10.0. The molecule has 0 unspecified atom stereocenters. The molecule has 2 aromatic heterocycles. The number of hydrogen-bond acceptors (Lipinski definition) is 6. The van der Waals surface area contributed by atoms with Crippen LogP contribution in [0.5, 0.6) is 5.75 Å². The van der Waals surface area contributed by atoms with Crippen LogP contribution in [0.15, 0.2) is 36.7 Å². The van der Waals surface area contributed by atoms with E-state index in [2.05, 4.69) is 15.1 Å². The van der Waals surface area contributed by atoms with Crippen LogP contribution in [0.25, 0.3) is 11.0 Å². The van der Waals surface area contributed by atoms with Crippen LogP contribution in [0.1, 0.15) is 35.9 Å². The van der Waals surface area contributed by atoms with Crippen LogP contribution < -0.4 is 9.64 Å². The van der Waals surface area contributed by atoms with E-state index in [1.165, 1.54) is 0 Å². The number of hydrogen-bond donors (Lipinski definition) is 0. The van der Waals surface area contributed by atoms with Crippen molar-refractivity contribution in [3.8, 4) is 5.75 Å². The predicted molar refractivity (Wildman–Crippen MR) is 101 cm³/mol. The number of rotatable bonds is 4. The van der Waals surface area contributed by atoms with Gasteiger partial charge in [-0.25, -0.2) is 14.6 Å². The Bertz CT molecular complexity index is 1090. The Balaban J connectivity index is 1.39. The number of ketones is 1. The van der Waals surface area contributed by atoms with E-state index in [1.54, 1.807) is 24.3 Å². The van der Waals surface area contributed by atoms with Gasteiger partial charge in [0, 0.05) is 19.7 Å². The lowest BCUT2D eigenvalue weighted by Gasteiger charge is -2.19. The minimum absolute atomic E-state index is 0.000232. The summed E-state index contributed by atoms with van der Waals surface area (Å²) in [5.41, 5.74) is 1.38. The second-order valence-corrected chi connectivity index (χ2v) is 7.29. The Labute approximate surface area is 161 Å². The number of carbonyl (C=O) groups is 2. The monoisotopic (exact) mass is 377 g/mol. The molecular weight excluding hydrogens is 358 g/mol. The molecule has 0 spiro atoms. The highest BCUT2D eigenvalue weighted by Gasteiger charge is 2.32. The average molecular weight is 377 g/mol. The Morgan fingerprint density at radius 3 is 2.89 bits per heavy atom. The zero-order valence-corrected chi connectivity index (χ0v) is 15.4. The van der Waals surface area contributed by atoms with Crippen LogP contribution in [0.2, 0.25) is 0 Å². The average Bonchev–Trinajstić information content (AvgIpc) is 3.49. The van der Waals surface area contributed by atoms with Gasteiger partial charge in [0.05, 0.1) is 29.2 Å². The molecular formula is C20H19N5O3. The number of Topliss-reactive ketones (excluding diaryl/α,β-unsaturated/α-hetero) is 1. The van der Waals surface area contributed by atoms with Gasteiger partial charge in [-0.15, -0.1) is 0 Å². The number of carbonyl (C=O) groups excluding carboxylic acids is 2. The maximum atomic E-state index is 12.8. The number of anilines is 1. The van der Waals surface area contributed by atoms with E-state index in [0.29, 0.717) is 23.1 Å². The van der Waals surface area contributed by atoms with Gasteiger partial charge in [0.2, 0.25) is 11.7 Å². The Morgan fingerprint density at radius 2 is 2.07 bits per heavy atom. The molecule has 0 saturated heterocycles. The van der Waals surface area contributed by atoms with Gasteiger partial charge in [-0.2, -0.15) is 5.10 Å². The van der Waals surface area contributed by atoms with Crippen molar-refractivity contribution in [3.05, 3.63) is 42.5 Å². The van der Waals surface area contributed by atoms with E-state index >= 15 is 0 Å². The number of fused-ring (bicyclic) bond motifs is 2. The lowest BCUT2D eigenvalue weighted by Crippen LogP contribution is -2.35. The highest BCUT2D eigenvalue weighted by Crippen LogP contribution is 2.36. The molecule has 0 bridgehead atoms. The fraction of sp³-hybridized carbons (Fsp3) is 0.350. The molecule has 0 radical (unpaired) electrons. The van der Waals surface area contributed by atoms with Crippen molar-refractivity contribution >= 4 is 28.4 Å². The van der Waals surface area contributed by atoms with Gasteiger partial charge in [-0.3, -0.25) is 9.59 Å². The molecule has 8 nitrogen and oxygen atoms in total. The lowest BCUT2D eigenvalue weighted by molar-refractivity contribution is -0.122. The van der Waals surface area contributed by atoms with Gasteiger partial charge in [-0.05, 0) is 25.0 Å². The standard InChI is InChI=1S/C20H19N5O3/c1-24-15-4-2-3-5-17(15)28-11-12(20(24)27)8-16(26)18-21-9-13-10-22-25(14-6-7-14)19(13)23-18/h2-5,9-10,12,14H,6-8,11H2,1H3/t12-/m0/s1. The number of benzene rings is 1. The maximum Gasteiger partial charge on any atom is 0.233 e. The maximum absolute atomic E-state index is 12.8. The van der Waals surface area contributed by atoms with E-state index in [0.717, 1.165) is 18.2 Å². The molecule has 142 valence electrons. The predicted octanol–water partition coefficient (Wildman–Crippen LogP) is 2.41. The topological polar surface area (TPSA) is 90.2 Å². The zero-order valence-electron chi connectivity index (χ0n) is 15.4. The SMILES string of the molecule is CN1C(=O)[C@@H](CC(=O)c2ncc3cnn(C4CC4)c3n2)COc2ccccc21. The van der Waals surface area contributed by atoms with E-state index < -0.39 is 5.92 Å². The van der Waals surface area contributed by atoms with E-state index in [1.807, 2.05) is 28.9 Å². The highest BCUT2D eigenvalue weighted by atomic mass is 16.5. The van der Waals surface area contributed by atoms with Crippen LogP contribution in [0.4, 0.5) is 5.69 Å². The van der Waals surface area contributed by atoms with Crippen LogP contribution in [0.3, 0.4) is 0 Å². The first-order valence-electron chi connectivity index (χ1n) is 9.34. The van der Waals surface area contributed by atoms with Gasteiger partial charge in [0.1, 0.15) is 12.4 Å². The minimum atomic E-state index is -0.586. The number of para-hydroxylation sites is 2. The van der Waals surface area contributed by atoms with Crippen LogP contribution in [0, 0.1) is 5.92 Å². The first-order chi connectivity index (χ1) is 13.6. The van der Waals surface area contributed by atoms with Gasteiger partial charge in [-0.1, -0.05) is 12.1 Å². The largest absolute Gasteiger partial charge is 0.491 e. The van der Waals surface area contributed by atoms with Crippen molar-refractivity contribution in [2.75, 3.05) is 18.6 Å². The first-order valence-corrected chi connectivity index (χ1v) is 9.34. The first kappa shape index (κ1) is 16.9. The molecule has 1 aromatic carbocycles. The fourth-order valence-electron chi connectivity index (χ4n) is 3.53. The summed E-state index contributed by atoms with van der Waals surface area (Å²) < 4.78 is 7.64. The van der Waals surface area contributed by atoms with Crippen molar-refractivity contribution in [2.24, 2.45) is 5.92 Å². The van der Waals surface area contributed by atoms with Crippen molar-refractivity contribution in [1.82, 2.24) is 19.7 Å². The van der Waals surface area contributed by atoms with Crippen molar-refractivity contribution < 1.29 is 14.3 Å². The molecule has 3 aromatic rings. The van der Waals surface area contributed by atoms with Crippen LogP contribution in [-0.4, -0.2) is 45.1 Å². The second-order valence-electron chi connectivity index (χ2n) is 7.29. The summed E-state index contributed by atoms with van der Waals surface area (Å²) in [6.07, 6.45) is 5.49. The number of nitrogens with zero attached hydrogens (tertiary/aromatic N) is 5. The molecule has 1 amide bonds. The molecule has 1 fully saturated rings. The third-order valence-electron chi connectivity index (χ3n) is 5.25. The fourth-order valence-corrected chi connectivity index (χ4v) is 3.53. The van der Waals surface area contributed by atoms with E-state index in [-0.39, 0.29) is 30.5 Å². The quantitative estimate of drug-likeness (QED) is 0.649. The molecule has 0 N–H and O–H groups in total. The molecule has 2 aliphatic rings. The molecule has 1 saturated carbocycles.